The van der Waals surface area contributed by atoms with Gasteiger partial charge in [-0.05, 0) is 24.5 Å². The van der Waals surface area contributed by atoms with Crippen molar-refractivity contribution in [2.24, 2.45) is 0 Å². The van der Waals surface area contributed by atoms with Crippen LogP contribution in [0.25, 0.3) is 0 Å². The fourth-order valence-corrected chi connectivity index (χ4v) is 1.89. The third kappa shape index (κ3) is 3.71. The van der Waals surface area contributed by atoms with Gasteiger partial charge in [-0.2, -0.15) is 0 Å². The zero-order valence-corrected chi connectivity index (χ0v) is 11.0. The van der Waals surface area contributed by atoms with Gasteiger partial charge in [-0.1, -0.05) is 30.3 Å². The minimum absolute atomic E-state index is 0.0948. The van der Waals surface area contributed by atoms with Crippen LogP contribution in [0.3, 0.4) is 0 Å². The van der Waals surface area contributed by atoms with Gasteiger partial charge in [0, 0.05) is 12.7 Å². The molecule has 1 aromatic carbocycles. The zero-order chi connectivity index (χ0) is 14.4. The van der Waals surface area contributed by atoms with Crippen molar-refractivity contribution < 1.29 is 9.90 Å². The monoisotopic (exact) mass is 271 g/mol. The lowest BCUT2D eigenvalue weighted by atomic mass is 10.1. The third-order valence-corrected chi connectivity index (χ3v) is 2.94. The summed E-state index contributed by atoms with van der Waals surface area (Å²) in [5.74, 6) is -0.497. The molecule has 0 aliphatic heterocycles. The maximum atomic E-state index is 10.8. The molecular formula is C15H17N3O2. The van der Waals surface area contributed by atoms with E-state index in [9.17, 15) is 4.79 Å². The van der Waals surface area contributed by atoms with Crippen LogP contribution >= 0.6 is 0 Å². The Bertz CT molecular complexity index is 585. The van der Waals surface area contributed by atoms with E-state index in [2.05, 4.69) is 22.4 Å². The Kier molecular flexibility index (Phi) is 4.55. The molecule has 1 heterocycles. The lowest BCUT2D eigenvalue weighted by Crippen LogP contribution is -2.08. The number of nitrogens with two attached hydrogens (primary N) is 1. The number of hydrogen-bond acceptors (Lipinski definition) is 4. The summed E-state index contributed by atoms with van der Waals surface area (Å²) in [6.07, 6.45) is 3.23. The largest absolute Gasteiger partial charge is 0.478 e. The molecule has 2 rings (SSSR count). The average molecular weight is 271 g/mol. The first-order valence-electron chi connectivity index (χ1n) is 6.43. The van der Waals surface area contributed by atoms with E-state index in [0.717, 1.165) is 19.4 Å². The van der Waals surface area contributed by atoms with Crippen LogP contribution < -0.4 is 11.1 Å². The van der Waals surface area contributed by atoms with Crippen molar-refractivity contribution in [1.29, 1.82) is 0 Å². The summed E-state index contributed by atoms with van der Waals surface area (Å²) in [5, 5.41) is 11.9. The molecule has 0 fully saturated rings. The van der Waals surface area contributed by atoms with E-state index >= 15 is 0 Å². The molecule has 20 heavy (non-hydrogen) atoms. The molecule has 0 atom stereocenters. The van der Waals surface area contributed by atoms with E-state index in [1.54, 1.807) is 0 Å². The summed E-state index contributed by atoms with van der Waals surface area (Å²) in [7, 11) is 0. The molecule has 1 aromatic heterocycles. The fourth-order valence-electron chi connectivity index (χ4n) is 1.89. The predicted octanol–water partition coefficient (Wildman–Crippen LogP) is 2.41. The van der Waals surface area contributed by atoms with Crippen molar-refractivity contribution in [2.75, 3.05) is 17.6 Å². The first-order valence-corrected chi connectivity index (χ1v) is 6.43. The average Bonchev–Trinajstić information content (AvgIpc) is 2.46. The van der Waals surface area contributed by atoms with E-state index in [1.165, 1.54) is 17.8 Å². The molecule has 0 spiro atoms. The first kappa shape index (κ1) is 13.9. The number of pyridine rings is 1. The van der Waals surface area contributed by atoms with Crippen molar-refractivity contribution >= 4 is 17.5 Å². The van der Waals surface area contributed by atoms with Crippen molar-refractivity contribution in [2.45, 2.75) is 12.8 Å². The van der Waals surface area contributed by atoms with Gasteiger partial charge in [0.05, 0.1) is 11.3 Å². The van der Waals surface area contributed by atoms with Gasteiger partial charge in [-0.15, -0.1) is 0 Å². The molecule has 0 unspecified atom stereocenters. The van der Waals surface area contributed by atoms with E-state index in [-0.39, 0.29) is 5.56 Å². The number of rotatable bonds is 6. The molecule has 0 aliphatic carbocycles. The Hall–Kier alpha value is -2.56. The minimum atomic E-state index is -1.03. The number of aryl methyl sites for hydroxylation is 1. The number of hydrogen-bond donors (Lipinski definition) is 3. The second-order valence-electron chi connectivity index (χ2n) is 4.48. The Labute approximate surface area is 117 Å². The van der Waals surface area contributed by atoms with Crippen LogP contribution in [-0.4, -0.2) is 22.6 Å². The van der Waals surface area contributed by atoms with Gasteiger partial charge >= 0.3 is 5.97 Å². The molecule has 0 radical (unpaired) electrons. The second-order valence-corrected chi connectivity index (χ2v) is 4.48. The quantitative estimate of drug-likeness (QED) is 0.702. The van der Waals surface area contributed by atoms with Crippen LogP contribution in [0.4, 0.5) is 11.5 Å². The maximum Gasteiger partial charge on any atom is 0.337 e. The Morgan fingerprint density at radius 3 is 2.70 bits per heavy atom. The van der Waals surface area contributed by atoms with E-state index in [4.69, 9.17) is 10.8 Å². The van der Waals surface area contributed by atoms with Crippen molar-refractivity contribution in [3.8, 4) is 0 Å². The molecule has 5 nitrogen and oxygen atoms in total. The molecule has 0 aliphatic rings. The highest BCUT2D eigenvalue weighted by atomic mass is 16.4. The van der Waals surface area contributed by atoms with Crippen LogP contribution in [0.1, 0.15) is 22.3 Å². The Morgan fingerprint density at radius 1 is 1.30 bits per heavy atom. The number of nitrogens with one attached hydrogen (secondary N) is 1. The molecule has 0 saturated heterocycles. The Morgan fingerprint density at radius 2 is 2.05 bits per heavy atom. The van der Waals surface area contributed by atoms with Crippen molar-refractivity contribution in [3.63, 3.8) is 0 Å². The number of anilines is 2. The summed E-state index contributed by atoms with van der Waals surface area (Å²) in [5.41, 5.74) is 7.50. The third-order valence-electron chi connectivity index (χ3n) is 2.94. The predicted molar refractivity (Wildman–Crippen MR) is 78.9 cm³/mol. The molecular weight excluding hydrogens is 254 g/mol. The number of nitrogens with zero attached hydrogens (tertiary/aromatic N) is 1. The molecule has 4 N–H and O–H groups in total. The van der Waals surface area contributed by atoms with Crippen LogP contribution in [0, 0.1) is 0 Å². The highest BCUT2D eigenvalue weighted by Crippen LogP contribution is 2.16. The maximum absolute atomic E-state index is 10.8. The molecule has 2 aromatic rings. The van der Waals surface area contributed by atoms with E-state index in [0.29, 0.717) is 11.5 Å². The lowest BCUT2D eigenvalue weighted by Gasteiger charge is -2.08. The summed E-state index contributed by atoms with van der Waals surface area (Å²) in [6.45, 7) is 0.735. The molecule has 104 valence electrons. The van der Waals surface area contributed by atoms with Crippen molar-refractivity contribution in [3.05, 3.63) is 53.7 Å². The van der Waals surface area contributed by atoms with E-state index < -0.39 is 5.97 Å². The number of aromatic carboxylic acids is 1. The van der Waals surface area contributed by atoms with Gasteiger partial charge in [0.25, 0.3) is 0 Å². The van der Waals surface area contributed by atoms with Crippen LogP contribution in [0.2, 0.25) is 0 Å². The second kappa shape index (κ2) is 6.56. The van der Waals surface area contributed by atoms with Gasteiger partial charge in [0.2, 0.25) is 0 Å². The number of nitrogen functional groups attached to an aromatic ring is 1. The van der Waals surface area contributed by atoms with Gasteiger partial charge in [0.1, 0.15) is 5.82 Å². The van der Waals surface area contributed by atoms with Crippen LogP contribution in [0.15, 0.2) is 42.6 Å². The smallest absolute Gasteiger partial charge is 0.337 e. The normalized spacial score (nSPS) is 10.2. The lowest BCUT2D eigenvalue weighted by molar-refractivity contribution is 0.0696. The Balaban J connectivity index is 1.84. The fraction of sp³-hybridized carbons (Fsp3) is 0.200. The number of carboxylic acids is 1. The zero-order valence-electron chi connectivity index (χ0n) is 11.0. The van der Waals surface area contributed by atoms with Crippen molar-refractivity contribution in [1.82, 2.24) is 4.98 Å². The highest BCUT2D eigenvalue weighted by molar-refractivity contribution is 5.89. The highest BCUT2D eigenvalue weighted by Gasteiger charge is 2.07. The van der Waals surface area contributed by atoms with Crippen LogP contribution in [-0.2, 0) is 6.42 Å². The summed E-state index contributed by atoms with van der Waals surface area (Å²) in [4.78, 5) is 14.8. The van der Waals surface area contributed by atoms with Gasteiger partial charge in [-0.3, -0.25) is 0 Å². The van der Waals surface area contributed by atoms with Gasteiger partial charge < -0.3 is 16.2 Å². The number of benzene rings is 1. The summed E-state index contributed by atoms with van der Waals surface area (Å²) in [6, 6.07) is 11.6. The standard InChI is InChI=1S/C15H17N3O2/c16-13-9-12(15(19)20)10-18-14(13)17-8-4-7-11-5-2-1-3-6-11/h1-3,5-6,9-10H,4,7-8,16H2,(H,17,18)(H,19,20). The minimum Gasteiger partial charge on any atom is -0.478 e. The first-order chi connectivity index (χ1) is 9.66. The molecule has 5 heteroatoms. The molecule has 0 bridgehead atoms. The van der Waals surface area contributed by atoms with Gasteiger partial charge in [0.15, 0.2) is 0 Å². The molecule has 0 amide bonds. The summed E-state index contributed by atoms with van der Waals surface area (Å²) >= 11 is 0. The van der Waals surface area contributed by atoms with Gasteiger partial charge in [-0.25, -0.2) is 9.78 Å². The number of carboxylic acid groups (broad SMARTS) is 1. The number of aromatic nitrogens is 1. The van der Waals surface area contributed by atoms with Crippen LogP contribution in [0.5, 0.6) is 0 Å². The van der Waals surface area contributed by atoms with E-state index in [1.807, 2.05) is 18.2 Å². The number of carbonyl (C=O) groups is 1. The SMILES string of the molecule is Nc1cc(C(=O)O)cnc1NCCCc1ccccc1. The summed E-state index contributed by atoms with van der Waals surface area (Å²) < 4.78 is 0. The molecule has 0 saturated carbocycles. The topological polar surface area (TPSA) is 88.2 Å².